The summed E-state index contributed by atoms with van der Waals surface area (Å²) in [6, 6.07) is 10.4. The van der Waals surface area contributed by atoms with Gasteiger partial charge in [-0.25, -0.2) is 0 Å². The predicted molar refractivity (Wildman–Crippen MR) is 94.5 cm³/mol. The molecule has 0 bridgehead atoms. The SMILES string of the molecule is CCCOc1c(C)cc(OCCCCCCl)c2ccccc12. The number of aryl methyl sites for hydroxylation is 1. The number of rotatable bonds is 9. The van der Waals surface area contributed by atoms with Gasteiger partial charge in [-0.3, -0.25) is 0 Å². The third-order valence-corrected chi connectivity index (χ3v) is 3.90. The van der Waals surface area contributed by atoms with E-state index in [4.69, 9.17) is 21.1 Å². The van der Waals surface area contributed by atoms with Gasteiger partial charge in [0.15, 0.2) is 0 Å². The van der Waals surface area contributed by atoms with Crippen molar-refractivity contribution < 1.29 is 9.47 Å². The maximum atomic E-state index is 6.01. The quantitative estimate of drug-likeness (QED) is 0.434. The smallest absolute Gasteiger partial charge is 0.130 e. The number of halogens is 1. The number of hydrogen-bond acceptors (Lipinski definition) is 2. The van der Waals surface area contributed by atoms with Crippen LogP contribution in [0, 0.1) is 6.92 Å². The summed E-state index contributed by atoms with van der Waals surface area (Å²) in [4.78, 5) is 0. The molecule has 120 valence electrons. The van der Waals surface area contributed by atoms with Gasteiger partial charge in [-0.1, -0.05) is 31.2 Å². The normalized spacial score (nSPS) is 10.9. The number of ether oxygens (including phenoxy) is 2. The monoisotopic (exact) mass is 320 g/mol. The third kappa shape index (κ3) is 4.30. The average molecular weight is 321 g/mol. The van der Waals surface area contributed by atoms with Gasteiger partial charge in [-0.2, -0.15) is 0 Å². The van der Waals surface area contributed by atoms with E-state index >= 15 is 0 Å². The van der Waals surface area contributed by atoms with Crippen molar-refractivity contribution in [2.75, 3.05) is 19.1 Å². The molecule has 2 nitrogen and oxygen atoms in total. The Balaban J connectivity index is 2.20. The summed E-state index contributed by atoms with van der Waals surface area (Å²) in [6.07, 6.45) is 4.20. The molecule has 22 heavy (non-hydrogen) atoms. The minimum Gasteiger partial charge on any atom is -0.493 e. The summed E-state index contributed by atoms with van der Waals surface area (Å²) in [5, 5.41) is 2.25. The highest BCUT2D eigenvalue weighted by Gasteiger charge is 2.11. The molecule has 0 saturated carbocycles. The molecular weight excluding hydrogens is 296 g/mol. The van der Waals surface area contributed by atoms with E-state index in [1.807, 2.05) is 12.1 Å². The number of alkyl halides is 1. The lowest BCUT2D eigenvalue weighted by Crippen LogP contribution is -2.01. The molecule has 0 aliphatic rings. The number of unbranched alkanes of at least 4 members (excludes halogenated alkanes) is 2. The molecule has 0 aliphatic heterocycles. The number of hydrogen-bond donors (Lipinski definition) is 0. The van der Waals surface area contributed by atoms with E-state index in [2.05, 4.69) is 32.0 Å². The van der Waals surface area contributed by atoms with Crippen molar-refractivity contribution in [3.8, 4) is 11.5 Å². The van der Waals surface area contributed by atoms with Gasteiger partial charge in [0.2, 0.25) is 0 Å². The lowest BCUT2D eigenvalue weighted by atomic mass is 10.0. The van der Waals surface area contributed by atoms with Crippen molar-refractivity contribution >= 4 is 22.4 Å². The van der Waals surface area contributed by atoms with Gasteiger partial charge < -0.3 is 9.47 Å². The molecule has 2 rings (SSSR count). The molecule has 0 aliphatic carbocycles. The van der Waals surface area contributed by atoms with E-state index in [9.17, 15) is 0 Å². The highest BCUT2D eigenvalue weighted by atomic mass is 35.5. The van der Waals surface area contributed by atoms with Crippen molar-refractivity contribution in [3.05, 3.63) is 35.9 Å². The van der Waals surface area contributed by atoms with Crippen molar-refractivity contribution in [2.24, 2.45) is 0 Å². The largest absolute Gasteiger partial charge is 0.493 e. The molecule has 3 heteroatoms. The van der Waals surface area contributed by atoms with E-state index in [1.165, 1.54) is 0 Å². The van der Waals surface area contributed by atoms with Gasteiger partial charge in [-0.15, -0.1) is 11.6 Å². The molecule has 0 atom stereocenters. The molecule has 0 saturated heterocycles. The standard InChI is InChI=1S/C19H25ClO2/c1-3-12-22-19-15(2)14-18(21-13-8-4-7-11-20)16-9-5-6-10-17(16)19/h5-6,9-10,14H,3-4,7-8,11-13H2,1-2H3. The Kier molecular flexibility index (Phi) is 6.85. The summed E-state index contributed by atoms with van der Waals surface area (Å²) in [6.45, 7) is 5.67. The first-order valence-corrected chi connectivity index (χ1v) is 8.65. The fraction of sp³-hybridized carbons (Fsp3) is 0.474. The Bertz CT molecular complexity index is 595. The van der Waals surface area contributed by atoms with E-state index in [1.54, 1.807) is 0 Å². The zero-order valence-electron chi connectivity index (χ0n) is 13.5. The van der Waals surface area contributed by atoms with Crippen molar-refractivity contribution in [1.29, 1.82) is 0 Å². The zero-order chi connectivity index (χ0) is 15.8. The minimum atomic E-state index is 0.728. The van der Waals surface area contributed by atoms with Gasteiger partial charge in [0.1, 0.15) is 11.5 Å². The highest BCUT2D eigenvalue weighted by molar-refractivity contribution is 6.17. The van der Waals surface area contributed by atoms with Gasteiger partial charge in [-0.05, 0) is 44.2 Å². The molecule has 0 aromatic heterocycles. The Morgan fingerprint density at radius 2 is 1.73 bits per heavy atom. The van der Waals surface area contributed by atoms with Crippen LogP contribution in [-0.4, -0.2) is 19.1 Å². The molecule has 0 spiro atoms. The van der Waals surface area contributed by atoms with Crippen LogP contribution in [0.3, 0.4) is 0 Å². The summed E-state index contributed by atoms with van der Waals surface area (Å²) >= 11 is 5.70. The summed E-state index contributed by atoms with van der Waals surface area (Å²) < 4.78 is 11.9. The summed E-state index contributed by atoms with van der Waals surface area (Å²) in [7, 11) is 0. The van der Waals surface area contributed by atoms with Crippen molar-refractivity contribution in [3.63, 3.8) is 0 Å². The van der Waals surface area contributed by atoms with Gasteiger partial charge in [0.25, 0.3) is 0 Å². The Morgan fingerprint density at radius 1 is 0.955 bits per heavy atom. The fourth-order valence-corrected chi connectivity index (χ4v) is 2.71. The number of fused-ring (bicyclic) bond motifs is 1. The van der Waals surface area contributed by atoms with Gasteiger partial charge in [0.05, 0.1) is 13.2 Å². The first-order chi connectivity index (χ1) is 10.8. The zero-order valence-corrected chi connectivity index (χ0v) is 14.3. The molecule has 2 aromatic carbocycles. The molecule has 0 N–H and O–H groups in total. The maximum absolute atomic E-state index is 6.01. The van der Waals surface area contributed by atoms with Gasteiger partial charge in [0, 0.05) is 16.7 Å². The predicted octanol–water partition coefficient (Wildman–Crippen LogP) is 5.72. The Morgan fingerprint density at radius 3 is 2.45 bits per heavy atom. The molecular formula is C19H25ClO2. The Hall–Kier alpha value is -1.41. The topological polar surface area (TPSA) is 18.5 Å². The molecule has 0 fully saturated rings. The van der Waals surface area contributed by atoms with Crippen LogP contribution >= 0.6 is 11.6 Å². The van der Waals surface area contributed by atoms with Crippen LogP contribution in [0.15, 0.2) is 30.3 Å². The van der Waals surface area contributed by atoms with E-state index < -0.39 is 0 Å². The number of benzene rings is 2. The van der Waals surface area contributed by atoms with E-state index in [0.717, 1.165) is 72.6 Å². The van der Waals surface area contributed by atoms with Crippen LogP contribution in [0.4, 0.5) is 0 Å². The molecule has 0 radical (unpaired) electrons. The lowest BCUT2D eigenvalue weighted by Gasteiger charge is -2.16. The molecule has 0 amide bonds. The minimum absolute atomic E-state index is 0.728. The van der Waals surface area contributed by atoms with Crippen LogP contribution < -0.4 is 9.47 Å². The molecule has 0 unspecified atom stereocenters. The van der Waals surface area contributed by atoms with Crippen molar-refractivity contribution in [2.45, 2.75) is 39.5 Å². The van der Waals surface area contributed by atoms with Crippen LogP contribution in [0.1, 0.15) is 38.2 Å². The fourth-order valence-electron chi connectivity index (χ4n) is 2.52. The van der Waals surface area contributed by atoms with Crippen LogP contribution in [0.2, 0.25) is 0 Å². The third-order valence-electron chi connectivity index (χ3n) is 3.63. The van der Waals surface area contributed by atoms with Crippen molar-refractivity contribution in [1.82, 2.24) is 0 Å². The van der Waals surface area contributed by atoms with E-state index in [-0.39, 0.29) is 0 Å². The lowest BCUT2D eigenvalue weighted by molar-refractivity contribution is 0.306. The van der Waals surface area contributed by atoms with Crippen LogP contribution in [0.5, 0.6) is 11.5 Å². The Labute approximate surface area is 138 Å². The maximum Gasteiger partial charge on any atom is 0.130 e. The van der Waals surface area contributed by atoms with Crippen LogP contribution in [-0.2, 0) is 0 Å². The highest BCUT2D eigenvalue weighted by Crippen LogP contribution is 2.36. The first kappa shape index (κ1) is 17.0. The second-order valence-corrected chi connectivity index (χ2v) is 5.89. The van der Waals surface area contributed by atoms with E-state index in [0.29, 0.717) is 0 Å². The van der Waals surface area contributed by atoms with Gasteiger partial charge >= 0.3 is 0 Å². The average Bonchev–Trinajstić information content (AvgIpc) is 2.54. The molecule has 0 heterocycles. The first-order valence-electron chi connectivity index (χ1n) is 8.11. The second kappa shape index (κ2) is 8.89. The summed E-state index contributed by atoms with van der Waals surface area (Å²) in [5.74, 6) is 2.65. The van der Waals surface area contributed by atoms with Crippen LogP contribution in [0.25, 0.3) is 10.8 Å². The summed E-state index contributed by atoms with van der Waals surface area (Å²) in [5.41, 5.74) is 1.13. The second-order valence-electron chi connectivity index (χ2n) is 5.51. The molecule has 2 aromatic rings.